The van der Waals surface area contributed by atoms with Gasteiger partial charge in [-0.2, -0.15) is 0 Å². The number of para-hydroxylation sites is 2. The first-order chi connectivity index (χ1) is 9.81. The maximum Gasteiger partial charge on any atom is 0.107 e. The van der Waals surface area contributed by atoms with Crippen molar-refractivity contribution in [3.8, 4) is 0 Å². The number of hydrogen-bond acceptors (Lipinski definition) is 3. The van der Waals surface area contributed by atoms with E-state index < -0.39 is 0 Å². The number of hydrogen-bond donors (Lipinski definition) is 0. The van der Waals surface area contributed by atoms with Crippen molar-refractivity contribution in [1.29, 1.82) is 0 Å². The minimum Gasteiger partial charge on any atom is -0.314 e. The number of rotatable bonds is 2. The highest BCUT2D eigenvalue weighted by molar-refractivity contribution is 7.10. The molecule has 4 rings (SSSR count). The summed E-state index contributed by atoms with van der Waals surface area (Å²) in [4.78, 5) is 8.72. The fraction of sp³-hybridized carbons (Fsp3) is 0.312. The van der Waals surface area contributed by atoms with E-state index in [9.17, 15) is 0 Å². The number of nitrogens with zero attached hydrogens (tertiary/aromatic N) is 3. The summed E-state index contributed by atoms with van der Waals surface area (Å²) < 4.78 is 2.33. The molecule has 0 N–H and O–H groups in total. The molecular weight excluding hydrogens is 266 g/mol. The topological polar surface area (TPSA) is 21.1 Å². The first-order valence-electron chi connectivity index (χ1n) is 7.01. The Morgan fingerprint density at radius 2 is 2.15 bits per heavy atom. The van der Waals surface area contributed by atoms with Crippen LogP contribution in [0.4, 0.5) is 0 Å². The molecule has 4 heteroatoms. The highest BCUT2D eigenvalue weighted by Gasteiger charge is 2.18. The summed E-state index contributed by atoms with van der Waals surface area (Å²) in [5, 5.41) is 2.21. The Morgan fingerprint density at radius 1 is 1.25 bits per heavy atom. The predicted molar refractivity (Wildman–Crippen MR) is 82.9 cm³/mol. The lowest BCUT2D eigenvalue weighted by Crippen LogP contribution is -2.31. The number of thiophene rings is 1. The lowest BCUT2D eigenvalue weighted by atomic mass is 10.1. The molecule has 0 aliphatic carbocycles. The summed E-state index contributed by atoms with van der Waals surface area (Å²) in [6, 6.07) is 10.7. The van der Waals surface area contributed by atoms with Crippen molar-refractivity contribution < 1.29 is 0 Å². The van der Waals surface area contributed by atoms with Crippen molar-refractivity contribution in [2.75, 3.05) is 6.54 Å². The molecule has 0 saturated heterocycles. The Morgan fingerprint density at radius 3 is 3.10 bits per heavy atom. The molecule has 0 fully saturated rings. The zero-order valence-corrected chi connectivity index (χ0v) is 12.4. The van der Waals surface area contributed by atoms with Gasteiger partial charge < -0.3 is 4.57 Å². The number of aromatic nitrogens is 2. The minimum absolute atomic E-state index is 0.932. The Hall–Kier alpha value is -1.65. The van der Waals surface area contributed by atoms with E-state index in [-0.39, 0.29) is 0 Å². The largest absolute Gasteiger partial charge is 0.314 e. The van der Waals surface area contributed by atoms with Crippen LogP contribution in [0.15, 0.2) is 35.7 Å². The monoisotopic (exact) mass is 283 g/mol. The summed E-state index contributed by atoms with van der Waals surface area (Å²) in [6.07, 6.45) is 1.18. The second-order valence-corrected chi connectivity index (χ2v) is 6.39. The standard InChI is InChI=1S/C16H17N3S/c1-12-17-14-4-2-3-5-15(14)19(12)11-18-8-6-16-13(10-18)7-9-20-16/h2-5,7,9H,6,8,10-11H2,1H3. The Balaban J connectivity index is 1.64. The van der Waals surface area contributed by atoms with Gasteiger partial charge in [0.25, 0.3) is 0 Å². The van der Waals surface area contributed by atoms with E-state index in [0.29, 0.717) is 0 Å². The Bertz CT molecular complexity index is 756. The van der Waals surface area contributed by atoms with Gasteiger partial charge in [0.1, 0.15) is 5.82 Å². The zero-order valence-electron chi connectivity index (χ0n) is 11.5. The molecule has 0 spiro atoms. The van der Waals surface area contributed by atoms with Gasteiger partial charge in [0.15, 0.2) is 0 Å². The summed E-state index contributed by atoms with van der Waals surface area (Å²) in [5.74, 6) is 1.10. The summed E-state index contributed by atoms with van der Waals surface area (Å²) >= 11 is 1.90. The van der Waals surface area contributed by atoms with E-state index in [1.165, 1.54) is 17.5 Å². The zero-order chi connectivity index (χ0) is 13.5. The molecule has 0 saturated carbocycles. The van der Waals surface area contributed by atoms with Crippen molar-refractivity contribution in [2.24, 2.45) is 0 Å². The van der Waals surface area contributed by atoms with Crippen LogP contribution < -0.4 is 0 Å². The van der Waals surface area contributed by atoms with Gasteiger partial charge in [0.05, 0.1) is 17.7 Å². The molecule has 0 amide bonds. The van der Waals surface area contributed by atoms with E-state index in [2.05, 4.69) is 57.1 Å². The quantitative estimate of drug-likeness (QED) is 0.718. The molecule has 1 aromatic carbocycles. The van der Waals surface area contributed by atoms with Crippen molar-refractivity contribution in [3.05, 3.63) is 52.0 Å². The van der Waals surface area contributed by atoms with Gasteiger partial charge in [-0.15, -0.1) is 11.3 Å². The molecule has 20 heavy (non-hydrogen) atoms. The second-order valence-electron chi connectivity index (χ2n) is 5.39. The first kappa shape index (κ1) is 12.1. The van der Waals surface area contributed by atoms with Gasteiger partial charge in [-0.1, -0.05) is 12.1 Å². The van der Waals surface area contributed by atoms with E-state index in [4.69, 9.17) is 0 Å². The molecule has 0 radical (unpaired) electrons. The van der Waals surface area contributed by atoms with Crippen LogP contribution in [-0.2, 0) is 19.6 Å². The molecule has 3 heterocycles. The van der Waals surface area contributed by atoms with E-state index in [0.717, 1.165) is 31.1 Å². The number of benzene rings is 1. The molecule has 0 atom stereocenters. The third kappa shape index (κ3) is 1.96. The van der Waals surface area contributed by atoms with Crippen LogP contribution in [-0.4, -0.2) is 21.0 Å². The average Bonchev–Trinajstić information content (AvgIpc) is 3.04. The molecule has 3 aromatic rings. The lowest BCUT2D eigenvalue weighted by Gasteiger charge is -2.27. The smallest absolute Gasteiger partial charge is 0.107 e. The predicted octanol–water partition coefficient (Wildman–Crippen LogP) is 3.42. The molecule has 102 valence electrons. The van der Waals surface area contributed by atoms with Crippen LogP contribution in [0, 0.1) is 6.92 Å². The highest BCUT2D eigenvalue weighted by atomic mass is 32.1. The fourth-order valence-corrected chi connectivity index (χ4v) is 3.89. The van der Waals surface area contributed by atoms with E-state index in [1.807, 2.05) is 11.3 Å². The maximum atomic E-state index is 4.65. The molecule has 0 unspecified atom stereocenters. The highest BCUT2D eigenvalue weighted by Crippen LogP contribution is 2.25. The molecule has 3 nitrogen and oxygen atoms in total. The van der Waals surface area contributed by atoms with Crippen LogP contribution >= 0.6 is 11.3 Å². The van der Waals surface area contributed by atoms with Gasteiger partial charge in [0, 0.05) is 18.0 Å². The Labute approximate surface area is 122 Å². The van der Waals surface area contributed by atoms with Gasteiger partial charge in [0.2, 0.25) is 0 Å². The van der Waals surface area contributed by atoms with Gasteiger partial charge in [-0.3, -0.25) is 4.90 Å². The Kier molecular flexibility index (Phi) is 2.86. The molecule has 1 aliphatic heterocycles. The number of imidazole rings is 1. The normalized spacial score (nSPS) is 15.7. The van der Waals surface area contributed by atoms with Crippen molar-refractivity contribution in [3.63, 3.8) is 0 Å². The van der Waals surface area contributed by atoms with Crippen LogP contribution in [0.1, 0.15) is 16.3 Å². The molecular formula is C16H17N3S. The van der Waals surface area contributed by atoms with Crippen molar-refractivity contribution >= 4 is 22.4 Å². The SMILES string of the molecule is Cc1nc2ccccc2n1CN1CCc2sccc2C1. The third-order valence-corrected chi connectivity index (χ3v) is 5.10. The van der Waals surface area contributed by atoms with Gasteiger partial charge in [-0.05, 0) is 42.5 Å². The van der Waals surface area contributed by atoms with Crippen LogP contribution in [0.2, 0.25) is 0 Å². The average molecular weight is 283 g/mol. The van der Waals surface area contributed by atoms with Crippen molar-refractivity contribution in [2.45, 2.75) is 26.6 Å². The molecule has 2 aromatic heterocycles. The molecule has 0 bridgehead atoms. The van der Waals surface area contributed by atoms with Crippen molar-refractivity contribution in [1.82, 2.24) is 14.5 Å². The number of aryl methyl sites for hydroxylation is 1. The fourth-order valence-electron chi connectivity index (χ4n) is 3.00. The third-order valence-electron chi connectivity index (χ3n) is 4.07. The van der Waals surface area contributed by atoms with Gasteiger partial charge in [-0.25, -0.2) is 4.98 Å². The minimum atomic E-state index is 0.932. The number of fused-ring (bicyclic) bond motifs is 2. The second kappa shape index (κ2) is 4.72. The van der Waals surface area contributed by atoms with E-state index >= 15 is 0 Å². The van der Waals surface area contributed by atoms with Crippen LogP contribution in [0.3, 0.4) is 0 Å². The summed E-state index contributed by atoms with van der Waals surface area (Å²) in [5.41, 5.74) is 3.84. The maximum absolute atomic E-state index is 4.65. The molecule has 1 aliphatic rings. The first-order valence-corrected chi connectivity index (χ1v) is 7.89. The van der Waals surface area contributed by atoms with Gasteiger partial charge >= 0.3 is 0 Å². The lowest BCUT2D eigenvalue weighted by molar-refractivity contribution is 0.203. The van der Waals surface area contributed by atoms with Crippen LogP contribution in [0.25, 0.3) is 11.0 Å². The van der Waals surface area contributed by atoms with E-state index in [1.54, 1.807) is 4.88 Å². The summed E-state index contributed by atoms with van der Waals surface area (Å²) in [6.45, 7) is 5.23. The van der Waals surface area contributed by atoms with Crippen LogP contribution in [0.5, 0.6) is 0 Å². The summed E-state index contributed by atoms with van der Waals surface area (Å²) in [7, 11) is 0.